The molecule has 2 aromatic heterocycles. The Bertz CT molecular complexity index is 889. The van der Waals surface area contributed by atoms with E-state index in [4.69, 9.17) is 21.1 Å². The van der Waals surface area contributed by atoms with Crippen molar-refractivity contribution in [2.75, 3.05) is 23.8 Å². The number of anilines is 3. The highest BCUT2D eigenvalue weighted by Gasteiger charge is 2.47. The van der Waals surface area contributed by atoms with Crippen LogP contribution in [0.15, 0.2) is 29.6 Å². The third kappa shape index (κ3) is 4.84. The molecule has 11 heteroatoms. The summed E-state index contributed by atoms with van der Waals surface area (Å²) in [5, 5.41) is 13.1. The van der Waals surface area contributed by atoms with Gasteiger partial charge in [0.2, 0.25) is 5.95 Å². The Hall–Kier alpha value is -1.85. The van der Waals surface area contributed by atoms with E-state index in [9.17, 15) is 0 Å². The van der Waals surface area contributed by atoms with E-state index in [1.165, 1.54) is 5.57 Å². The number of nitrogens with one attached hydrogen (secondary N) is 3. The summed E-state index contributed by atoms with van der Waals surface area (Å²) in [5.41, 5.74) is 2.05. The summed E-state index contributed by atoms with van der Waals surface area (Å²) in [5.74, 6) is 0.978. The van der Waals surface area contributed by atoms with Gasteiger partial charge in [0, 0.05) is 13.2 Å². The molecule has 4 unspecified atom stereocenters. The van der Waals surface area contributed by atoms with Gasteiger partial charge in [0.15, 0.2) is 5.82 Å². The van der Waals surface area contributed by atoms with Gasteiger partial charge in [0.1, 0.15) is 17.2 Å². The van der Waals surface area contributed by atoms with Gasteiger partial charge in [0.25, 0.3) is 0 Å². The zero-order valence-electron chi connectivity index (χ0n) is 16.4. The minimum Gasteiger partial charge on any atom is -0.371 e. The van der Waals surface area contributed by atoms with Crippen molar-refractivity contribution < 1.29 is 9.47 Å². The summed E-state index contributed by atoms with van der Waals surface area (Å²) < 4.78 is 17.1. The second-order valence-electron chi connectivity index (χ2n) is 7.30. The maximum absolute atomic E-state index is 6.32. The van der Waals surface area contributed by atoms with Gasteiger partial charge in [-0.3, -0.25) is 9.40 Å². The smallest absolute Gasteiger partial charge is 0.229 e. The maximum Gasteiger partial charge on any atom is 0.229 e. The first kappa shape index (κ1) is 20.4. The molecule has 2 aliphatic heterocycles. The van der Waals surface area contributed by atoms with Crippen molar-refractivity contribution in [3.8, 4) is 0 Å². The molecule has 0 aliphatic carbocycles. The summed E-state index contributed by atoms with van der Waals surface area (Å²) in [6.07, 6.45) is 5.03. The summed E-state index contributed by atoms with van der Waals surface area (Å²) in [7, 11) is 1.85. The normalized spacial score (nSPS) is 25.7. The Morgan fingerprint density at radius 3 is 2.72 bits per heavy atom. The molecular formula is C18H24ClN7O2S. The molecule has 2 saturated heterocycles. The fraction of sp³-hybridized carbons (Fsp3) is 0.500. The van der Waals surface area contributed by atoms with E-state index < -0.39 is 0 Å². The predicted octanol–water partition coefficient (Wildman–Crippen LogP) is 2.72. The fourth-order valence-electron chi connectivity index (χ4n) is 3.28. The topological polar surface area (TPSA) is 98.2 Å². The van der Waals surface area contributed by atoms with Crippen LogP contribution in [0.25, 0.3) is 0 Å². The number of halogens is 1. The van der Waals surface area contributed by atoms with Crippen LogP contribution in [0.3, 0.4) is 0 Å². The highest BCUT2D eigenvalue weighted by Crippen LogP contribution is 2.31. The van der Waals surface area contributed by atoms with Crippen molar-refractivity contribution in [1.82, 2.24) is 24.5 Å². The second-order valence-corrected chi connectivity index (χ2v) is 8.42. The van der Waals surface area contributed by atoms with E-state index >= 15 is 0 Å². The summed E-state index contributed by atoms with van der Waals surface area (Å²) in [6, 6.07) is 0.0926. The number of rotatable bonds is 7. The van der Waals surface area contributed by atoms with Gasteiger partial charge in [-0.05, 0) is 19.3 Å². The molecule has 0 bridgehead atoms. The number of nitrogens with zero attached hydrogens (tertiary/aromatic N) is 4. The van der Waals surface area contributed by atoms with Crippen LogP contribution in [0.5, 0.6) is 0 Å². The number of fused-ring (bicyclic) bond motifs is 1. The van der Waals surface area contributed by atoms with E-state index in [1.54, 1.807) is 29.0 Å². The lowest BCUT2D eigenvalue weighted by atomic mass is 10.1. The highest BCUT2D eigenvalue weighted by molar-refractivity contribution is 8.00. The molecule has 0 radical (unpaired) electrons. The Morgan fingerprint density at radius 2 is 2.00 bits per heavy atom. The number of hydrogen-bond acceptors (Lipinski definition) is 9. The molecule has 2 aliphatic rings. The first-order chi connectivity index (χ1) is 14.0. The summed E-state index contributed by atoms with van der Waals surface area (Å²) >= 11 is 7.89. The lowest BCUT2D eigenvalue weighted by Gasteiger charge is -2.19. The van der Waals surface area contributed by atoms with E-state index in [2.05, 4.69) is 49.7 Å². The lowest BCUT2D eigenvalue weighted by molar-refractivity contribution is 0.0692. The molecule has 4 atom stereocenters. The first-order valence-corrected chi connectivity index (χ1v) is 10.6. The number of allylic oxidation sites excluding steroid dienone is 1. The minimum atomic E-state index is -0.0689. The van der Waals surface area contributed by atoms with Gasteiger partial charge in [-0.2, -0.15) is 10.1 Å². The van der Waals surface area contributed by atoms with Gasteiger partial charge in [-0.25, -0.2) is 4.98 Å². The van der Waals surface area contributed by atoms with Crippen molar-refractivity contribution in [2.45, 2.75) is 38.1 Å². The third-order valence-corrected chi connectivity index (χ3v) is 5.90. The Labute approximate surface area is 178 Å². The zero-order chi connectivity index (χ0) is 20.4. The summed E-state index contributed by atoms with van der Waals surface area (Å²) in [4.78, 5) is 8.73. The van der Waals surface area contributed by atoms with Crippen molar-refractivity contribution in [2.24, 2.45) is 7.05 Å². The molecular weight excluding hydrogens is 414 g/mol. The molecule has 2 aromatic rings. The van der Waals surface area contributed by atoms with E-state index in [0.29, 0.717) is 30.0 Å². The quantitative estimate of drug-likeness (QED) is 0.564. The number of aryl methyl sites for hydroxylation is 1. The van der Waals surface area contributed by atoms with Crippen LogP contribution < -0.4 is 15.4 Å². The van der Waals surface area contributed by atoms with Crippen molar-refractivity contribution in [1.29, 1.82) is 0 Å². The van der Waals surface area contributed by atoms with Gasteiger partial charge >= 0.3 is 0 Å². The predicted molar refractivity (Wildman–Crippen MR) is 114 cm³/mol. The first-order valence-electron chi connectivity index (χ1n) is 9.32. The Kier molecular flexibility index (Phi) is 6.26. The molecule has 9 nitrogen and oxygen atoms in total. The molecule has 29 heavy (non-hydrogen) atoms. The van der Waals surface area contributed by atoms with E-state index in [1.807, 2.05) is 13.2 Å². The minimum absolute atomic E-state index is 0.0147. The monoisotopic (exact) mass is 437 g/mol. The van der Waals surface area contributed by atoms with Crippen molar-refractivity contribution in [3.63, 3.8) is 0 Å². The molecule has 0 aromatic carbocycles. The molecule has 4 rings (SSSR count). The van der Waals surface area contributed by atoms with Crippen LogP contribution >= 0.6 is 23.5 Å². The third-order valence-electron chi connectivity index (χ3n) is 4.59. The zero-order valence-corrected chi connectivity index (χ0v) is 18.0. The van der Waals surface area contributed by atoms with Gasteiger partial charge in [0.05, 0.1) is 43.4 Å². The highest BCUT2D eigenvalue weighted by atomic mass is 35.5. The van der Waals surface area contributed by atoms with Gasteiger partial charge < -0.3 is 20.1 Å². The van der Waals surface area contributed by atoms with Crippen LogP contribution in [0, 0.1) is 0 Å². The van der Waals surface area contributed by atoms with E-state index in [-0.39, 0.29) is 24.3 Å². The largest absolute Gasteiger partial charge is 0.371 e. The number of aromatic nitrogens is 4. The molecule has 3 N–H and O–H groups in total. The number of ether oxygens (including phenoxy) is 2. The van der Waals surface area contributed by atoms with Crippen LogP contribution in [0.1, 0.15) is 13.8 Å². The summed E-state index contributed by atoms with van der Waals surface area (Å²) in [6.45, 7) is 5.25. The second kappa shape index (κ2) is 8.88. The van der Waals surface area contributed by atoms with Crippen LogP contribution in [-0.4, -0.2) is 57.3 Å². The van der Waals surface area contributed by atoms with Crippen LogP contribution in [0.4, 0.5) is 17.5 Å². The maximum atomic E-state index is 6.32. The average Bonchev–Trinajstić information content (AvgIpc) is 3.37. The fourth-order valence-corrected chi connectivity index (χ4v) is 4.11. The Morgan fingerprint density at radius 1 is 1.24 bits per heavy atom. The van der Waals surface area contributed by atoms with Gasteiger partial charge in [-0.1, -0.05) is 29.1 Å². The van der Waals surface area contributed by atoms with Crippen molar-refractivity contribution >= 4 is 41.0 Å². The number of hydrogen-bond donors (Lipinski definition) is 3. The Balaban J connectivity index is 1.39. The van der Waals surface area contributed by atoms with Crippen LogP contribution in [-0.2, 0) is 16.5 Å². The molecule has 156 valence electrons. The molecule has 4 heterocycles. The lowest BCUT2D eigenvalue weighted by Crippen LogP contribution is -2.39. The molecule has 0 amide bonds. The van der Waals surface area contributed by atoms with Gasteiger partial charge in [-0.15, -0.1) is 0 Å². The molecule has 2 fully saturated rings. The molecule has 0 spiro atoms. The standard InChI is InChI=1S/C18H24ClN7O2S/c1-10(2)9-29-25-14-8-28-15-13(7-27-16(14)15)23-17-12(19)5-20-18(24-17)22-11-4-21-26(3)6-11/h4-6,9,13-16,25H,7-8H2,1-3H3,(H2,20,22,23,24). The SMILES string of the molecule is CC(C)=CSNC1COC2C(Nc3nc(Nc4cnn(C)c4)ncc3Cl)COC12. The molecule has 0 saturated carbocycles. The van der Waals surface area contributed by atoms with Crippen molar-refractivity contribution in [3.05, 3.63) is 34.6 Å². The van der Waals surface area contributed by atoms with E-state index in [0.717, 1.165) is 5.69 Å². The average molecular weight is 438 g/mol. The van der Waals surface area contributed by atoms with Crippen LogP contribution in [0.2, 0.25) is 5.02 Å².